The molecular formula is C14H24N2O2. The molecule has 2 rings (SSSR count). The van der Waals surface area contributed by atoms with Crippen LogP contribution in [0.3, 0.4) is 0 Å². The molecule has 2 heterocycles. The third kappa shape index (κ3) is 3.83. The van der Waals surface area contributed by atoms with Crippen LogP contribution >= 0.6 is 0 Å². The van der Waals surface area contributed by atoms with Crippen molar-refractivity contribution in [2.75, 3.05) is 32.8 Å². The van der Waals surface area contributed by atoms with Crippen LogP contribution < -0.4 is 5.32 Å². The second-order valence-corrected chi connectivity index (χ2v) is 5.58. The largest absolute Gasteiger partial charge is 0.468 e. The first-order valence-corrected chi connectivity index (χ1v) is 6.70. The summed E-state index contributed by atoms with van der Waals surface area (Å²) in [5.41, 5.74) is -0.00905. The summed E-state index contributed by atoms with van der Waals surface area (Å²) in [6.45, 7) is 11.3. The molecular weight excluding hydrogens is 228 g/mol. The Morgan fingerprint density at radius 1 is 1.50 bits per heavy atom. The summed E-state index contributed by atoms with van der Waals surface area (Å²) in [7, 11) is 0. The Kier molecular flexibility index (Phi) is 4.43. The maximum Gasteiger partial charge on any atom is 0.120 e. The third-order valence-corrected chi connectivity index (χ3v) is 3.35. The predicted molar refractivity (Wildman–Crippen MR) is 71.6 cm³/mol. The van der Waals surface area contributed by atoms with Crippen LogP contribution in [0, 0.1) is 0 Å². The highest BCUT2D eigenvalue weighted by Gasteiger charge is 2.26. The van der Waals surface area contributed by atoms with E-state index in [4.69, 9.17) is 9.15 Å². The molecule has 0 aliphatic carbocycles. The first-order chi connectivity index (χ1) is 8.57. The van der Waals surface area contributed by atoms with Gasteiger partial charge < -0.3 is 14.5 Å². The number of hydrogen-bond acceptors (Lipinski definition) is 4. The highest BCUT2D eigenvalue weighted by Crippen LogP contribution is 2.16. The van der Waals surface area contributed by atoms with Gasteiger partial charge in [-0.25, -0.2) is 0 Å². The van der Waals surface area contributed by atoms with E-state index in [2.05, 4.69) is 31.0 Å². The molecule has 18 heavy (non-hydrogen) atoms. The molecule has 0 radical (unpaired) electrons. The Hall–Kier alpha value is -0.840. The van der Waals surface area contributed by atoms with Crippen molar-refractivity contribution in [2.45, 2.75) is 32.4 Å². The molecule has 0 saturated carbocycles. The van der Waals surface area contributed by atoms with E-state index in [1.54, 1.807) is 6.26 Å². The lowest BCUT2D eigenvalue weighted by molar-refractivity contribution is -0.0855. The predicted octanol–water partition coefficient (Wildman–Crippen LogP) is 2.04. The highest BCUT2D eigenvalue weighted by molar-refractivity contribution is 5.02. The molecule has 1 N–H and O–H groups in total. The minimum Gasteiger partial charge on any atom is -0.468 e. The second-order valence-electron chi connectivity index (χ2n) is 5.58. The summed E-state index contributed by atoms with van der Waals surface area (Å²) in [4.78, 5) is 2.45. The van der Waals surface area contributed by atoms with Gasteiger partial charge in [-0.15, -0.1) is 0 Å². The van der Waals surface area contributed by atoms with Gasteiger partial charge in [0.15, 0.2) is 0 Å². The normalized spacial score (nSPS) is 21.9. The van der Waals surface area contributed by atoms with Crippen molar-refractivity contribution in [1.82, 2.24) is 10.2 Å². The number of nitrogens with one attached hydrogen (secondary N) is 1. The van der Waals surface area contributed by atoms with Gasteiger partial charge in [-0.3, -0.25) is 4.90 Å². The Morgan fingerprint density at radius 3 is 3.00 bits per heavy atom. The van der Waals surface area contributed by atoms with Crippen LogP contribution in [0.15, 0.2) is 22.8 Å². The zero-order valence-corrected chi connectivity index (χ0v) is 11.6. The SMILES string of the molecule is CC(NCCN1CCOC(C)(C)C1)c1ccco1. The standard InChI is InChI=1S/C14H24N2O2/c1-12(13-5-4-9-17-13)15-6-7-16-8-10-18-14(2,3)11-16/h4-5,9,12,15H,6-8,10-11H2,1-3H3. The Balaban J connectivity index is 1.69. The number of hydrogen-bond donors (Lipinski definition) is 1. The van der Waals surface area contributed by atoms with Gasteiger partial charge in [0.05, 0.1) is 24.5 Å². The molecule has 1 atom stereocenters. The monoisotopic (exact) mass is 252 g/mol. The molecule has 0 amide bonds. The fourth-order valence-electron chi connectivity index (χ4n) is 2.38. The molecule has 4 nitrogen and oxygen atoms in total. The van der Waals surface area contributed by atoms with Crippen molar-refractivity contribution in [3.05, 3.63) is 24.2 Å². The molecule has 1 unspecified atom stereocenters. The van der Waals surface area contributed by atoms with E-state index in [1.807, 2.05) is 12.1 Å². The van der Waals surface area contributed by atoms with Gasteiger partial charge in [-0.2, -0.15) is 0 Å². The number of morpholine rings is 1. The molecule has 1 aliphatic heterocycles. The fourth-order valence-corrected chi connectivity index (χ4v) is 2.38. The second kappa shape index (κ2) is 5.87. The maximum atomic E-state index is 5.70. The van der Waals surface area contributed by atoms with Crippen molar-refractivity contribution in [3.8, 4) is 0 Å². The molecule has 0 aromatic carbocycles. The smallest absolute Gasteiger partial charge is 0.120 e. The van der Waals surface area contributed by atoms with Crippen LogP contribution in [0.4, 0.5) is 0 Å². The Labute approximate surface area is 109 Å². The van der Waals surface area contributed by atoms with Crippen molar-refractivity contribution in [2.24, 2.45) is 0 Å². The molecule has 1 aliphatic rings. The van der Waals surface area contributed by atoms with E-state index in [9.17, 15) is 0 Å². The summed E-state index contributed by atoms with van der Waals surface area (Å²) in [5, 5.41) is 3.48. The van der Waals surface area contributed by atoms with Gasteiger partial charge in [0, 0.05) is 26.2 Å². The lowest BCUT2D eigenvalue weighted by Crippen LogP contribution is -2.49. The zero-order valence-electron chi connectivity index (χ0n) is 11.6. The Bertz CT molecular complexity index is 349. The van der Waals surface area contributed by atoms with Crippen LogP contribution in [0.2, 0.25) is 0 Å². The maximum absolute atomic E-state index is 5.70. The molecule has 1 fully saturated rings. The van der Waals surface area contributed by atoms with Crippen molar-refractivity contribution >= 4 is 0 Å². The van der Waals surface area contributed by atoms with Crippen LogP contribution in [-0.4, -0.2) is 43.3 Å². The van der Waals surface area contributed by atoms with Crippen LogP contribution in [0.25, 0.3) is 0 Å². The molecule has 102 valence electrons. The zero-order chi connectivity index (χ0) is 13.0. The minimum atomic E-state index is -0.00905. The van der Waals surface area contributed by atoms with Gasteiger partial charge in [0.1, 0.15) is 5.76 Å². The van der Waals surface area contributed by atoms with E-state index in [0.29, 0.717) is 0 Å². The first kappa shape index (κ1) is 13.6. The number of furan rings is 1. The van der Waals surface area contributed by atoms with E-state index in [1.165, 1.54) is 0 Å². The average molecular weight is 252 g/mol. The van der Waals surface area contributed by atoms with Crippen LogP contribution in [0.5, 0.6) is 0 Å². The summed E-state index contributed by atoms with van der Waals surface area (Å²) in [6.07, 6.45) is 1.72. The van der Waals surface area contributed by atoms with Gasteiger partial charge in [-0.1, -0.05) is 0 Å². The molecule has 0 bridgehead atoms. The van der Waals surface area contributed by atoms with E-state index in [0.717, 1.165) is 38.5 Å². The van der Waals surface area contributed by atoms with E-state index < -0.39 is 0 Å². The van der Waals surface area contributed by atoms with Gasteiger partial charge in [-0.05, 0) is 32.9 Å². The quantitative estimate of drug-likeness (QED) is 0.870. The highest BCUT2D eigenvalue weighted by atomic mass is 16.5. The molecule has 4 heteroatoms. The summed E-state index contributed by atoms with van der Waals surface area (Å²) in [5.74, 6) is 0.998. The Morgan fingerprint density at radius 2 is 2.33 bits per heavy atom. The van der Waals surface area contributed by atoms with Crippen LogP contribution in [0.1, 0.15) is 32.6 Å². The first-order valence-electron chi connectivity index (χ1n) is 6.70. The van der Waals surface area contributed by atoms with Crippen LogP contribution in [-0.2, 0) is 4.74 Å². The van der Waals surface area contributed by atoms with Gasteiger partial charge in [0.25, 0.3) is 0 Å². The summed E-state index contributed by atoms with van der Waals surface area (Å²) >= 11 is 0. The van der Waals surface area contributed by atoms with E-state index in [-0.39, 0.29) is 11.6 Å². The topological polar surface area (TPSA) is 37.6 Å². The lowest BCUT2D eigenvalue weighted by atomic mass is 10.1. The average Bonchev–Trinajstić information content (AvgIpc) is 2.81. The summed E-state index contributed by atoms with van der Waals surface area (Å²) in [6, 6.07) is 4.21. The fraction of sp³-hybridized carbons (Fsp3) is 0.714. The third-order valence-electron chi connectivity index (χ3n) is 3.35. The number of ether oxygens (including phenoxy) is 1. The van der Waals surface area contributed by atoms with Gasteiger partial charge in [0.2, 0.25) is 0 Å². The van der Waals surface area contributed by atoms with Crippen molar-refractivity contribution < 1.29 is 9.15 Å². The number of nitrogens with zero attached hydrogens (tertiary/aromatic N) is 1. The number of rotatable bonds is 5. The molecule has 1 saturated heterocycles. The van der Waals surface area contributed by atoms with E-state index >= 15 is 0 Å². The molecule has 0 spiro atoms. The minimum absolute atomic E-state index is 0.00905. The molecule has 1 aromatic rings. The summed E-state index contributed by atoms with van der Waals surface area (Å²) < 4.78 is 11.1. The van der Waals surface area contributed by atoms with Crippen molar-refractivity contribution in [3.63, 3.8) is 0 Å². The van der Waals surface area contributed by atoms with Crippen molar-refractivity contribution in [1.29, 1.82) is 0 Å². The molecule has 1 aromatic heterocycles. The lowest BCUT2D eigenvalue weighted by Gasteiger charge is -2.38. The van der Waals surface area contributed by atoms with Gasteiger partial charge >= 0.3 is 0 Å².